The molecule has 0 amide bonds. The molecular weight excluding hydrogens is 857 g/mol. The van der Waals surface area contributed by atoms with Crippen molar-refractivity contribution >= 4 is 92.0 Å². The molecule has 6 nitrogen and oxygen atoms in total. The fraction of sp³-hybridized carbons (Fsp3) is 0.357. The lowest BCUT2D eigenvalue weighted by atomic mass is 9.77. The van der Waals surface area contributed by atoms with Crippen molar-refractivity contribution in [3.63, 3.8) is 0 Å². The molecule has 2 atom stereocenters. The van der Waals surface area contributed by atoms with Crippen molar-refractivity contribution in [1.82, 2.24) is 9.13 Å². The quantitative estimate of drug-likeness (QED) is 0.143. The number of benzene rings is 6. The molecule has 0 saturated carbocycles. The van der Waals surface area contributed by atoms with Gasteiger partial charge in [0, 0.05) is 43.0 Å². The van der Waals surface area contributed by atoms with Crippen molar-refractivity contribution < 1.29 is 18.6 Å². The number of nitrogens with zero attached hydrogens (tertiary/aromatic N) is 2. The molecule has 0 spiro atoms. The third kappa shape index (κ3) is 8.20. The van der Waals surface area contributed by atoms with Gasteiger partial charge in [-0.2, -0.15) is 0 Å². The SMILES string of the molecule is CCC(C)c1ccc(-n2c3ccc(B4OC(C)(C)C(C)(C)O4)cc3c3cc(B4OC(C)(C)C(C)(C)O4)ccc32)cc1.CCC(C)c1ccc(-n2c3ccc(Cl)cc3c3cc(Cl)ccc32)cc1. The first-order chi connectivity index (χ1) is 31.2. The molecule has 4 heterocycles. The maximum atomic E-state index is 6.43. The van der Waals surface area contributed by atoms with E-state index in [1.807, 2.05) is 24.3 Å². The van der Waals surface area contributed by atoms with Gasteiger partial charge < -0.3 is 27.8 Å². The molecule has 2 aromatic heterocycles. The van der Waals surface area contributed by atoms with Gasteiger partial charge in [-0.1, -0.05) is 99.4 Å². The fourth-order valence-electron chi connectivity index (χ4n) is 9.21. The zero-order valence-corrected chi connectivity index (χ0v) is 42.1. The van der Waals surface area contributed by atoms with Crippen LogP contribution in [0.15, 0.2) is 121 Å². The van der Waals surface area contributed by atoms with Crippen molar-refractivity contribution in [3.8, 4) is 11.4 Å². The Morgan fingerprint density at radius 1 is 0.424 bits per heavy atom. The molecule has 6 aromatic carbocycles. The summed E-state index contributed by atoms with van der Waals surface area (Å²) in [4.78, 5) is 0. The van der Waals surface area contributed by atoms with E-state index in [9.17, 15) is 0 Å². The number of rotatable bonds is 8. The Kier molecular flexibility index (Phi) is 12.1. The van der Waals surface area contributed by atoms with Gasteiger partial charge in [-0.05, 0) is 175 Å². The van der Waals surface area contributed by atoms with E-state index in [4.69, 9.17) is 41.8 Å². The molecule has 10 heteroatoms. The van der Waals surface area contributed by atoms with Crippen molar-refractivity contribution in [2.45, 2.75) is 130 Å². The molecule has 10 rings (SSSR count). The Bertz CT molecular complexity index is 2910. The maximum absolute atomic E-state index is 6.43. The largest absolute Gasteiger partial charge is 0.494 e. The van der Waals surface area contributed by atoms with Gasteiger partial charge in [-0.3, -0.25) is 0 Å². The third-order valence-corrected chi connectivity index (χ3v) is 15.7. The summed E-state index contributed by atoms with van der Waals surface area (Å²) in [5, 5.41) is 6.01. The average Bonchev–Trinajstić information content (AvgIpc) is 3.93. The highest BCUT2D eigenvalue weighted by atomic mass is 35.5. The molecule has 0 aliphatic carbocycles. The zero-order valence-electron chi connectivity index (χ0n) is 40.6. The summed E-state index contributed by atoms with van der Waals surface area (Å²) in [6.45, 7) is 25.8. The predicted octanol–water partition coefficient (Wildman–Crippen LogP) is 14.5. The highest BCUT2D eigenvalue weighted by molar-refractivity contribution is 6.63. The van der Waals surface area contributed by atoms with E-state index in [1.165, 1.54) is 11.1 Å². The summed E-state index contributed by atoms with van der Waals surface area (Å²) in [6.07, 6.45) is 2.27. The van der Waals surface area contributed by atoms with Gasteiger partial charge in [0.2, 0.25) is 0 Å². The van der Waals surface area contributed by atoms with E-state index in [-0.39, 0.29) is 0 Å². The third-order valence-electron chi connectivity index (χ3n) is 15.2. The lowest BCUT2D eigenvalue weighted by Crippen LogP contribution is -2.41. The summed E-state index contributed by atoms with van der Waals surface area (Å²) >= 11 is 12.5. The molecule has 0 radical (unpaired) electrons. The van der Waals surface area contributed by atoms with Crippen LogP contribution in [0.25, 0.3) is 55.0 Å². The van der Waals surface area contributed by atoms with Crippen LogP contribution >= 0.6 is 23.2 Å². The highest BCUT2D eigenvalue weighted by Gasteiger charge is 2.53. The van der Waals surface area contributed by atoms with Crippen LogP contribution in [0.3, 0.4) is 0 Å². The van der Waals surface area contributed by atoms with Crippen LogP contribution in [0, 0.1) is 0 Å². The van der Waals surface area contributed by atoms with E-state index in [2.05, 4.69) is 189 Å². The van der Waals surface area contributed by atoms with Crippen LogP contribution in [-0.2, 0) is 18.6 Å². The number of aromatic nitrogens is 2. The van der Waals surface area contributed by atoms with Crippen molar-refractivity contribution in [3.05, 3.63) is 142 Å². The number of halogens is 2. The van der Waals surface area contributed by atoms with E-state index in [0.29, 0.717) is 11.8 Å². The molecule has 2 saturated heterocycles. The lowest BCUT2D eigenvalue weighted by molar-refractivity contribution is 0.00578. The zero-order chi connectivity index (χ0) is 47.1. The Morgan fingerprint density at radius 3 is 1.02 bits per heavy atom. The minimum atomic E-state index is -0.427. The Labute approximate surface area is 401 Å². The van der Waals surface area contributed by atoms with Gasteiger partial charge in [0.05, 0.1) is 44.5 Å². The van der Waals surface area contributed by atoms with Crippen molar-refractivity contribution in [2.75, 3.05) is 0 Å². The van der Waals surface area contributed by atoms with E-state index in [0.717, 1.165) is 88.8 Å². The van der Waals surface area contributed by atoms with Crippen molar-refractivity contribution in [2.24, 2.45) is 0 Å². The first-order valence-corrected chi connectivity index (χ1v) is 24.4. The van der Waals surface area contributed by atoms with Crippen LogP contribution in [-0.4, -0.2) is 45.8 Å². The molecule has 2 aliphatic heterocycles. The average molecular weight is 920 g/mol. The number of fused-ring (bicyclic) bond motifs is 6. The monoisotopic (exact) mass is 918 g/mol. The highest BCUT2D eigenvalue weighted by Crippen LogP contribution is 2.40. The number of hydrogen-bond acceptors (Lipinski definition) is 4. The van der Waals surface area contributed by atoms with Gasteiger partial charge in [-0.15, -0.1) is 0 Å². The first kappa shape index (κ1) is 46.6. The molecule has 2 unspecified atom stereocenters. The van der Waals surface area contributed by atoms with Crippen LogP contribution < -0.4 is 10.9 Å². The second kappa shape index (κ2) is 17.2. The van der Waals surface area contributed by atoms with Crippen LogP contribution in [0.1, 0.15) is 119 Å². The molecule has 340 valence electrons. The van der Waals surface area contributed by atoms with Gasteiger partial charge in [0.1, 0.15) is 0 Å². The predicted molar refractivity (Wildman–Crippen MR) is 280 cm³/mol. The molecule has 8 aromatic rings. The van der Waals surface area contributed by atoms with Gasteiger partial charge in [-0.25, -0.2) is 0 Å². The molecule has 0 N–H and O–H groups in total. The summed E-state index contributed by atoms with van der Waals surface area (Å²) < 4.78 is 30.4. The fourth-order valence-corrected chi connectivity index (χ4v) is 9.55. The minimum Gasteiger partial charge on any atom is -0.399 e. The Balaban J connectivity index is 0.000000187. The van der Waals surface area contributed by atoms with Gasteiger partial charge >= 0.3 is 14.2 Å². The summed E-state index contributed by atoms with van der Waals surface area (Å²) in [5.41, 5.74) is 10.0. The standard InChI is InChI=1S/C34H43B2NO4.C22H19Cl2N/c1-11-22(2)23-12-16-26(17-13-23)37-29-18-14-24(35-38-31(3,4)32(5,6)39-35)20-27(29)28-21-25(15-19-30(28)37)36-40-33(7,8)34(9,10)41-36;1-3-14(2)15-4-8-18(9-5-15)25-21-10-6-16(23)12-19(21)20-13-17(24)7-11-22(20)25/h12-22H,11H2,1-10H3;4-14H,3H2,1-2H3. The first-order valence-electron chi connectivity index (χ1n) is 23.6. The molecule has 66 heavy (non-hydrogen) atoms. The van der Waals surface area contributed by atoms with Crippen LogP contribution in [0.2, 0.25) is 10.0 Å². The van der Waals surface area contributed by atoms with E-state index >= 15 is 0 Å². The second-order valence-corrected chi connectivity index (χ2v) is 21.4. The molecule has 2 aliphatic rings. The van der Waals surface area contributed by atoms with Crippen molar-refractivity contribution in [1.29, 1.82) is 0 Å². The Morgan fingerprint density at radius 2 is 0.712 bits per heavy atom. The minimum absolute atomic E-state index is 0.401. The van der Waals surface area contributed by atoms with E-state index in [1.54, 1.807) is 0 Å². The lowest BCUT2D eigenvalue weighted by Gasteiger charge is -2.32. The van der Waals surface area contributed by atoms with Gasteiger partial charge in [0.25, 0.3) is 0 Å². The normalized spacial score (nSPS) is 18.3. The van der Waals surface area contributed by atoms with Crippen LogP contribution in [0.5, 0.6) is 0 Å². The van der Waals surface area contributed by atoms with Crippen LogP contribution in [0.4, 0.5) is 0 Å². The molecule has 0 bridgehead atoms. The molecule has 2 fully saturated rings. The maximum Gasteiger partial charge on any atom is 0.494 e. The molecular formula is C56H62B2Cl2N2O4. The van der Waals surface area contributed by atoms with E-state index < -0.39 is 36.6 Å². The second-order valence-electron chi connectivity index (χ2n) is 20.5. The summed E-state index contributed by atoms with van der Waals surface area (Å²) in [6, 6.07) is 43.1. The Hall–Kier alpha value is -4.53. The van der Waals surface area contributed by atoms with Gasteiger partial charge in [0.15, 0.2) is 0 Å². The summed E-state index contributed by atoms with van der Waals surface area (Å²) in [5.74, 6) is 1.11. The number of hydrogen-bond donors (Lipinski definition) is 0. The summed E-state index contributed by atoms with van der Waals surface area (Å²) in [7, 11) is -0.854. The topological polar surface area (TPSA) is 46.8 Å². The smallest absolute Gasteiger partial charge is 0.399 e.